The van der Waals surface area contributed by atoms with Crippen LogP contribution in [0.4, 0.5) is 4.39 Å². The maximum atomic E-state index is 13.5. The molecule has 0 radical (unpaired) electrons. The highest BCUT2D eigenvalue weighted by Crippen LogP contribution is 2.38. The summed E-state index contributed by atoms with van der Waals surface area (Å²) in [5.41, 5.74) is 5.05. The summed E-state index contributed by atoms with van der Waals surface area (Å²) >= 11 is 1.32. The monoisotopic (exact) mass is 435 g/mol. The normalized spacial score (nSPS) is 17.6. The molecule has 2 aromatic carbocycles. The number of nitrogens with one attached hydrogen (secondary N) is 2. The van der Waals surface area contributed by atoms with Crippen LogP contribution in [0, 0.1) is 5.82 Å². The summed E-state index contributed by atoms with van der Waals surface area (Å²) in [7, 11) is 0. The smallest absolute Gasteiger partial charge is 0.236 e. The Hall–Kier alpha value is -3.59. The molecule has 31 heavy (non-hydrogen) atoms. The lowest BCUT2D eigenvalue weighted by Gasteiger charge is -2.33. The fourth-order valence-electron chi connectivity index (χ4n) is 3.44. The van der Waals surface area contributed by atoms with Crippen LogP contribution in [0.1, 0.15) is 17.4 Å². The number of rotatable bonds is 5. The second-order valence-electron chi connectivity index (χ2n) is 7.00. The molecule has 1 aliphatic rings. The lowest BCUT2D eigenvalue weighted by molar-refractivity contribution is -0.121. The molecule has 0 saturated carbocycles. The quantitative estimate of drug-likeness (QED) is 0.497. The predicted octanol–water partition coefficient (Wildman–Crippen LogP) is 3.75. The Kier molecular flexibility index (Phi) is 5.17. The zero-order valence-corrected chi connectivity index (χ0v) is 17.1. The molecule has 9 heteroatoms. The van der Waals surface area contributed by atoms with Crippen molar-refractivity contribution in [1.29, 1.82) is 0 Å². The molecule has 0 unspecified atom stereocenters. The van der Waals surface area contributed by atoms with Crippen molar-refractivity contribution in [3.63, 3.8) is 0 Å². The van der Waals surface area contributed by atoms with Crippen molar-refractivity contribution < 1.29 is 13.6 Å². The van der Waals surface area contributed by atoms with Crippen LogP contribution in [0.15, 0.2) is 82.6 Å². The van der Waals surface area contributed by atoms with Crippen molar-refractivity contribution in [2.24, 2.45) is 0 Å². The van der Waals surface area contributed by atoms with Crippen LogP contribution in [0.3, 0.4) is 0 Å². The molecule has 0 bridgehead atoms. The van der Waals surface area contributed by atoms with Gasteiger partial charge < -0.3 is 15.2 Å². The molecule has 7 nitrogen and oxygen atoms in total. The number of halogens is 1. The highest BCUT2D eigenvalue weighted by atomic mass is 32.2. The summed E-state index contributed by atoms with van der Waals surface area (Å²) in [6, 6.07) is 18.9. The van der Waals surface area contributed by atoms with Gasteiger partial charge in [0, 0.05) is 5.56 Å². The molecule has 4 aromatic rings. The minimum atomic E-state index is -0.541. The number of amides is 1. The van der Waals surface area contributed by atoms with E-state index in [-0.39, 0.29) is 18.3 Å². The summed E-state index contributed by atoms with van der Waals surface area (Å²) in [6.07, 6.45) is 1.56. The van der Waals surface area contributed by atoms with E-state index in [0.717, 1.165) is 11.1 Å². The van der Waals surface area contributed by atoms with Crippen LogP contribution in [0.5, 0.6) is 0 Å². The number of carbonyl (C=O) groups excluding carboxylic acids is 1. The van der Waals surface area contributed by atoms with E-state index in [9.17, 15) is 9.18 Å². The van der Waals surface area contributed by atoms with Crippen molar-refractivity contribution in [3.8, 4) is 11.4 Å². The van der Waals surface area contributed by atoms with E-state index >= 15 is 0 Å². The number of hydrogen-bond acceptors (Lipinski definition) is 6. The molecule has 0 aliphatic carbocycles. The Bertz CT molecular complexity index is 1180. The Morgan fingerprint density at radius 3 is 2.65 bits per heavy atom. The van der Waals surface area contributed by atoms with E-state index in [1.807, 2.05) is 30.3 Å². The first-order valence-electron chi connectivity index (χ1n) is 9.68. The maximum Gasteiger partial charge on any atom is 0.236 e. The third kappa shape index (κ3) is 3.91. The summed E-state index contributed by atoms with van der Waals surface area (Å²) < 4.78 is 20.6. The molecular weight excluding hydrogens is 417 g/mol. The molecule has 0 spiro atoms. The summed E-state index contributed by atoms with van der Waals surface area (Å²) in [5.74, 6) is 0.791. The first kappa shape index (κ1) is 19.4. The van der Waals surface area contributed by atoms with Gasteiger partial charge in [0.05, 0.1) is 18.8 Å². The maximum absolute atomic E-state index is 13.5. The topological polar surface area (TPSA) is 85.0 Å². The fourth-order valence-corrected chi connectivity index (χ4v) is 4.54. The molecule has 0 saturated heterocycles. The molecular formula is C22H18FN5O2S. The Morgan fingerprint density at radius 1 is 1.10 bits per heavy atom. The lowest BCUT2D eigenvalue weighted by Crippen LogP contribution is -2.43. The zero-order chi connectivity index (χ0) is 21.2. The van der Waals surface area contributed by atoms with Crippen molar-refractivity contribution >= 4 is 17.7 Å². The SMILES string of the molecule is O=C(NCc1ccco1)[C@H]1Sc2nnc(-c3ccccc3)n2N[C@H]1c1ccc(F)cc1. The predicted molar refractivity (Wildman–Crippen MR) is 114 cm³/mol. The second-order valence-corrected chi connectivity index (χ2v) is 8.11. The fraction of sp³-hybridized carbons (Fsp3) is 0.136. The van der Waals surface area contributed by atoms with Gasteiger partial charge in [0.15, 0.2) is 5.82 Å². The van der Waals surface area contributed by atoms with Crippen LogP contribution in [0.2, 0.25) is 0 Å². The van der Waals surface area contributed by atoms with Crippen LogP contribution < -0.4 is 10.7 Å². The number of fused-ring (bicyclic) bond motifs is 1. The highest BCUT2D eigenvalue weighted by molar-refractivity contribution is 8.00. The van der Waals surface area contributed by atoms with E-state index in [4.69, 9.17) is 4.42 Å². The second kappa shape index (κ2) is 8.27. The largest absolute Gasteiger partial charge is 0.467 e. The first-order chi connectivity index (χ1) is 15.2. The van der Waals surface area contributed by atoms with Gasteiger partial charge in [0.25, 0.3) is 0 Å². The van der Waals surface area contributed by atoms with E-state index in [1.165, 1.54) is 23.9 Å². The van der Waals surface area contributed by atoms with E-state index in [2.05, 4.69) is 20.9 Å². The van der Waals surface area contributed by atoms with Gasteiger partial charge in [-0.1, -0.05) is 54.2 Å². The van der Waals surface area contributed by atoms with Gasteiger partial charge in [-0.15, -0.1) is 10.2 Å². The van der Waals surface area contributed by atoms with Gasteiger partial charge in [-0.2, -0.15) is 0 Å². The molecule has 3 heterocycles. The van der Waals surface area contributed by atoms with Gasteiger partial charge >= 0.3 is 0 Å². The van der Waals surface area contributed by atoms with Crippen molar-refractivity contribution in [2.75, 3.05) is 5.43 Å². The average molecular weight is 435 g/mol. The standard InChI is InChI=1S/C22H18FN5O2S/c23-16-10-8-14(9-11-16)18-19(21(29)24-13-17-7-4-12-30-17)31-22-26-25-20(28(22)27-18)15-5-2-1-3-6-15/h1-12,18-19,27H,13H2,(H,24,29)/t18-,19-/m0/s1. The molecule has 1 amide bonds. The summed E-state index contributed by atoms with van der Waals surface area (Å²) in [4.78, 5) is 13.1. The third-order valence-electron chi connectivity index (χ3n) is 4.97. The van der Waals surface area contributed by atoms with Crippen molar-refractivity contribution in [3.05, 3.63) is 90.1 Å². The molecule has 156 valence electrons. The van der Waals surface area contributed by atoms with Crippen LogP contribution in [-0.2, 0) is 11.3 Å². The summed E-state index contributed by atoms with van der Waals surface area (Å²) in [5, 5.41) is 11.5. The average Bonchev–Trinajstić information content (AvgIpc) is 3.47. The molecule has 0 fully saturated rings. The van der Waals surface area contributed by atoms with Crippen molar-refractivity contribution in [2.45, 2.75) is 23.0 Å². The number of thioether (sulfide) groups is 1. The molecule has 2 N–H and O–H groups in total. The number of aromatic nitrogens is 3. The van der Waals surface area contributed by atoms with Gasteiger partial charge in [0.1, 0.15) is 16.8 Å². The minimum absolute atomic E-state index is 0.182. The van der Waals surface area contributed by atoms with E-state index < -0.39 is 11.3 Å². The van der Waals surface area contributed by atoms with Gasteiger partial charge in [-0.05, 0) is 29.8 Å². The number of carbonyl (C=O) groups is 1. The van der Waals surface area contributed by atoms with Crippen LogP contribution in [-0.4, -0.2) is 26.0 Å². The zero-order valence-electron chi connectivity index (χ0n) is 16.2. The molecule has 2 atom stereocenters. The minimum Gasteiger partial charge on any atom is -0.467 e. The van der Waals surface area contributed by atoms with Crippen molar-refractivity contribution in [1.82, 2.24) is 20.2 Å². The third-order valence-corrected chi connectivity index (χ3v) is 6.19. The first-order valence-corrected chi connectivity index (χ1v) is 10.6. The number of nitrogens with zero attached hydrogens (tertiary/aromatic N) is 3. The Balaban J connectivity index is 1.47. The van der Waals surface area contributed by atoms with E-state index in [1.54, 1.807) is 35.2 Å². The van der Waals surface area contributed by atoms with Gasteiger partial charge in [0.2, 0.25) is 11.1 Å². The number of hydrogen-bond donors (Lipinski definition) is 2. The number of furan rings is 1. The van der Waals surface area contributed by atoms with Crippen LogP contribution >= 0.6 is 11.8 Å². The number of benzene rings is 2. The van der Waals surface area contributed by atoms with Gasteiger partial charge in [-0.3, -0.25) is 4.79 Å². The Labute approximate surface area is 181 Å². The Morgan fingerprint density at radius 2 is 1.90 bits per heavy atom. The van der Waals surface area contributed by atoms with Gasteiger partial charge in [-0.25, -0.2) is 9.07 Å². The lowest BCUT2D eigenvalue weighted by atomic mass is 10.0. The molecule has 5 rings (SSSR count). The summed E-state index contributed by atoms with van der Waals surface area (Å²) in [6.45, 7) is 0.279. The highest BCUT2D eigenvalue weighted by Gasteiger charge is 2.38. The van der Waals surface area contributed by atoms with E-state index in [0.29, 0.717) is 16.7 Å². The van der Waals surface area contributed by atoms with Crippen LogP contribution in [0.25, 0.3) is 11.4 Å². The molecule has 2 aromatic heterocycles. The molecule has 1 aliphatic heterocycles.